The van der Waals surface area contributed by atoms with E-state index >= 15 is 0 Å². The van der Waals surface area contributed by atoms with E-state index in [1.165, 1.54) is 27.4 Å². The molecule has 0 bridgehead atoms. The molecule has 2 atom stereocenters. The Morgan fingerprint density at radius 3 is 2.81 bits per heavy atom. The quantitative estimate of drug-likeness (QED) is 0.322. The zero-order valence-corrected chi connectivity index (χ0v) is 22.0. The number of hydrogen-bond donors (Lipinski definition) is 1. The number of rotatable bonds is 9. The summed E-state index contributed by atoms with van der Waals surface area (Å²) >= 11 is 0. The summed E-state index contributed by atoms with van der Waals surface area (Å²) in [5.74, 6) is 1.47. The fourth-order valence-electron chi connectivity index (χ4n) is 5.73. The monoisotopic (exact) mass is 498 g/mol. The molecule has 1 fully saturated rings. The fourth-order valence-corrected chi connectivity index (χ4v) is 5.73. The molecule has 1 saturated heterocycles. The largest absolute Gasteiger partial charge is 0.385 e. The van der Waals surface area contributed by atoms with Crippen LogP contribution in [0.15, 0.2) is 60.7 Å². The number of fused-ring (bicyclic) bond motifs is 2. The zero-order chi connectivity index (χ0) is 25.8. The van der Waals surface area contributed by atoms with Crippen LogP contribution in [0.5, 0.6) is 0 Å². The van der Waals surface area contributed by atoms with Gasteiger partial charge in [0, 0.05) is 51.7 Å². The minimum Gasteiger partial charge on any atom is -0.385 e. The average molecular weight is 499 g/mol. The van der Waals surface area contributed by atoms with Gasteiger partial charge in [0.2, 0.25) is 5.91 Å². The van der Waals surface area contributed by atoms with Crippen LogP contribution >= 0.6 is 0 Å². The Hall–Kier alpha value is -3.22. The van der Waals surface area contributed by atoms with Gasteiger partial charge in [-0.05, 0) is 60.6 Å². The number of piperidine rings is 1. The lowest BCUT2D eigenvalue weighted by Crippen LogP contribution is -2.42. The first-order valence-corrected chi connectivity index (χ1v) is 13.5. The second-order valence-corrected chi connectivity index (χ2v) is 10.4. The molecule has 0 unspecified atom stereocenters. The first-order chi connectivity index (χ1) is 18.0. The second kappa shape index (κ2) is 11.4. The number of nitrogens with zero attached hydrogens (tertiary/aromatic N) is 3. The number of imidazole rings is 1. The predicted octanol–water partition coefficient (Wildman–Crippen LogP) is 5.20. The number of methoxy groups -OCH3 is 1. The van der Waals surface area contributed by atoms with Gasteiger partial charge in [-0.3, -0.25) is 4.79 Å². The van der Waals surface area contributed by atoms with E-state index in [4.69, 9.17) is 15.5 Å². The van der Waals surface area contributed by atoms with Crippen molar-refractivity contribution in [2.24, 2.45) is 5.73 Å². The van der Waals surface area contributed by atoms with Gasteiger partial charge in [-0.1, -0.05) is 54.6 Å². The van der Waals surface area contributed by atoms with Crippen LogP contribution in [-0.4, -0.2) is 53.2 Å². The Kier molecular flexibility index (Phi) is 7.87. The van der Waals surface area contributed by atoms with E-state index in [0.717, 1.165) is 50.3 Å². The van der Waals surface area contributed by atoms with E-state index in [1.807, 2.05) is 11.0 Å². The molecule has 37 heavy (non-hydrogen) atoms. The van der Waals surface area contributed by atoms with Crippen LogP contribution in [0.2, 0.25) is 0 Å². The molecule has 5 rings (SSSR count). The molecule has 0 aliphatic carbocycles. The third-order valence-corrected chi connectivity index (χ3v) is 7.63. The first kappa shape index (κ1) is 25.4. The number of para-hydroxylation sites is 1. The molecule has 2 heterocycles. The van der Waals surface area contributed by atoms with Gasteiger partial charge in [-0.15, -0.1) is 0 Å². The van der Waals surface area contributed by atoms with Crippen LogP contribution in [0.3, 0.4) is 0 Å². The Labute approximate surface area is 219 Å². The van der Waals surface area contributed by atoms with Crippen LogP contribution in [0.4, 0.5) is 0 Å². The number of carbonyl (C=O) groups excluding carboxylic acids is 1. The van der Waals surface area contributed by atoms with Crippen molar-refractivity contribution in [2.45, 2.75) is 57.5 Å². The number of likely N-dealkylation sites (tertiary alicyclic amines) is 1. The third-order valence-electron chi connectivity index (χ3n) is 7.63. The fraction of sp³-hybridized carbons (Fsp3) is 0.419. The van der Waals surface area contributed by atoms with Crippen molar-refractivity contribution in [3.63, 3.8) is 0 Å². The first-order valence-electron chi connectivity index (χ1n) is 13.5. The van der Waals surface area contributed by atoms with Crippen LogP contribution in [0.25, 0.3) is 21.8 Å². The lowest BCUT2D eigenvalue weighted by Gasteiger charge is -2.33. The summed E-state index contributed by atoms with van der Waals surface area (Å²) in [5, 5.41) is 2.43. The van der Waals surface area contributed by atoms with Gasteiger partial charge in [0.05, 0.1) is 11.0 Å². The SMILES string of the molecule is COCCCn1c([C@@H]2CCCN(C(=O)C[C@H](N)Cc3ccc4ccccc4c3)C2)nc2c(C)cccc21. The highest BCUT2D eigenvalue weighted by atomic mass is 16.5. The van der Waals surface area contributed by atoms with Gasteiger partial charge in [-0.2, -0.15) is 0 Å². The summed E-state index contributed by atoms with van der Waals surface area (Å²) in [6.45, 7) is 5.20. The van der Waals surface area contributed by atoms with Crippen LogP contribution < -0.4 is 5.73 Å². The van der Waals surface area contributed by atoms with Crippen molar-refractivity contribution in [3.05, 3.63) is 77.6 Å². The van der Waals surface area contributed by atoms with Gasteiger partial charge >= 0.3 is 0 Å². The highest BCUT2D eigenvalue weighted by molar-refractivity contribution is 5.83. The van der Waals surface area contributed by atoms with Gasteiger partial charge < -0.3 is 19.9 Å². The molecule has 6 heteroatoms. The summed E-state index contributed by atoms with van der Waals surface area (Å²) in [5.41, 5.74) is 11.1. The molecule has 1 aliphatic rings. The number of ether oxygens (including phenoxy) is 1. The third kappa shape index (κ3) is 5.71. The van der Waals surface area contributed by atoms with Crippen molar-refractivity contribution in [1.29, 1.82) is 0 Å². The molecular weight excluding hydrogens is 460 g/mol. The number of aromatic nitrogens is 2. The summed E-state index contributed by atoms with van der Waals surface area (Å²) in [6, 6.07) is 21.0. The number of amides is 1. The maximum absolute atomic E-state index is 13.3. The van der Waals surface area contributed by atoms with E-state index < -0.39 is 0 Å². The summed E-state index contributed by atoms with van der Waals surface area (Å²) in [7, 11) is 1.74. The van der Waals surface area contributed by atoms with E-state index in [9.17, 15) is 4.79 Å². The van der Waals surface area contributed by atoms with Crippen LogP contribution in [-0.2, 0) is 22.5 Å². The van der Waals surface area contributed by atoms with E-state index in [-0.39, 0.29) is 17.9 Å². The lowest BCUT2D eigenvalue weighted by atomic mass is 9.95. The van der Waals surface area contributed by atoms with Gasteiger partial charge in [0.15, 0.2) is 0 Å². The molecule has 1 aromatic heterocycles. The standard InChI is InChI=1S/C31H38N4O2/c1-22-8-5-12-28-30(22)33-31(35(28)16-7-17-37-2)26-11-6-15-34(21-26)29(36)20-27(32)19-23-13-14-24-9-3-4-10-25(24)18-23/h3-5,8-10,12-14,18,26-27H,6-7,11,15-17,19-21,32H2,1-2H3/t26-,27-/m1/s1. The summed E-state index contributed by atoms with van der Waals surface area (Å²) in [4.78, 5) is 20.4. The van der Waals surface area contributed by atoms with Crippen molar-refractivity contribution < 1.29 is 9.53 Å². The highest BCUT2D eigenvalue weighted by Gasteiger charge is 2.29. The number of carbonyl (C=O) groups is 1. The summed E-state index contributed by atoms with van der Waals surface area (Å²) in [6.07, 6.45) is 4.02. The minimum absolute atomic E-state index is 0.149. The van der Waals surface area contributed by atoms with Gasteiger partial charge in [-0.25, -0.2) is 4.98 Å². The Morgan fingerprint density at radius 1 is 1.14 bits per heavy atom. The van der Waals surface area contributed by atoms with Crippen LogP contribution in [0, 0.1) is 6.92 Å². The lowest BCUT2D eigenvalue weighted by molar-refractivity contribution is -0.132. The molecule has 6 nitrogen and oxygen atoms in total. The van der Waals surface area contributed by atoms with Gasteiger partial charge in [0.1, 0.15) is 5.82 Å². The van der Waals surface area contributed by atoms with Crippen molar-refractivity contribution in [1.82, 2.24) is 14.5 Å². The van der Waals surface area contributed by atoms with E-state index in [0.29, 0.717) is 19.4 Å². The number of hydrogen-bond acceptors (Lipinski definition) is 4. The molecule has 194 valence electrons. The number of nitrogens with two attached hydrogens (primary N) is 1. The number of benzene rings is 3. The molecule has 0 spiro atoms. The highest BCUT2D eigenvalue weighted by Crippen LogP contribution is 2.31. The smallest absolute Gasteiger partial charge is 0.224 e. The Morgan fingerprint density at radius 2 is 1.97 bits per heavy atom. The molecule has 0 saturated carbocycles. The van der Waals surface area contributed by atoms with Gasteiger partial charge in [0.25, 0.3) is 0 Å². The summed E-state index contributed by atoms with van der Waals surface area (Å²) < 4.78 is 7.66. The molecule has 1 aliphatic heterocycles. The molecule has 3 aromatic carbocycles. The normalized spacial score (nSPS) is 16.9. The second-order valence-electron chi connectivity index (χ2n) is 10.4. The maximum atomic E-state index is 13.3. The Balaban J connectivity index is 1.27. The predicted molar refractivity (Wildman–Crippen MR) is 150 cm³/mol. The minimum atomic E-state index is -0.199. The average Bonchev–Trinajstić information content (AvgIpc) is 3.28. The topological polar surface area (TPSA) is 73.4 Å². The zero-order valence-electron chi connectivity index (χ0n) is 22.0. The maximum Gasteiger partial charge on any atom is 0.224 e. The number of aryl methyl sites for hydroxylation is 2. The van der Waals surface area contributed by atoms with Crippen molar-refractivity contribution in [3.8, 4) is 0 Å². The molecule has 0 radical (unpaired) electrons. The van der Waals surface area contributed by atoms with E-state index in [2.05, 4.69) is 66.1 Å². The molecule has 2 N–H and O–H groups in total. The van der Waals surface area contributed by atoms with Crippen molar-refractivity contribution in [2.75, 3.05) is 26.8 Å². The molecule has 4 aromatic rings. The van der Waals surface area contributed by atoms with E-state index in [1.54, 1.807) is 7.11 Å². The molecule has 1 amide bonds. The van der Waals surface area contributed by atoms with Crippen molar-refractivity contribution >= 4 is 27.7 Å². The van der Waals surface area contributed by atoms with Crippen LogP contribution in [0.1, 0.15) is 48.6 Å². The Bertz CT molecular complexity index is 1380. The molecular formula is C31H38N4O2.